The summed E-state index contributed by atoms with van der Waals surface area (Å²) in [6, 6.07) is 4.04. The first kappa shape index (κ1) is 14.6. The molecule has 0 saturated carbocycles. The lowest BCUT2D eigenvalue weighted by Gasteiger charge is -2.10. The molecule has 1 saturated heterocycles. The largest absolute Gasteiger partial charge is 0.289 e. The van der Waals surface area contributed by atoms with Gasteiger partial charge in [-0.1, -0.05) is 36.1 Å². The van der Waals surface area contributed by atoms with Gasteiger partial charge in [0.15, 0.2) is 0 Å². The van der Waals surface area contributed by atoms with Crippen LogP contribution in [0.5, 0.6) is 0 Å². The molecule has 21 heavy (non-hydrogen) atoms. The second-order valence-corrected chi connectivity index (χ2v) is 7.62. The second-order valence-electron chi connectivity index (χ2n) is 4.14. The van der Waals surface area contributed by atoms with E-state index in [1.54, 1.807) is 39.7 Å². The second kappa shape index (κ2) is 6.23. The Balaban J connectivity index is 1.84. The lowest BCUT2D eigenvalue weighted by Crippen LogP contribution is -2.27. The Kier molecular flexibility index (Phi) is 4.34. The van der Waals surface area contributed by atoms with Gasteiger partial charge in [0.2, 0.25) is 0 Å². The summed E-state index contributed by atoms with van der Waals surface area (Å²) in [5, 5.41) is 4.95. The molecule has 1 amide bonds. The number of nitrogens with zero attached hydrogens (tertiary/aromatic N) is 2. The highest BCUT2D eigenvalue weighted by atomic mass is 32.2. The standard InChI is InChI=1S/C14H10N2OS4/c1-2-5-16-13(17)11(21-14(16)18)7-9-8-20-12(15-9)10-4-3-6-19-10/h2-4,6-8H,1,5H2/b11-7-. The molecule has 2 aromatic rings. The smallest absolute Gasteiger partial charge is 0.266 e. The zero-order valence-corrected chi connectivity index (χ0v) is 14.1. The van der Waals surface area contributed by atoms with Crippen molar-refractivity contribution in [2.24, 2.45) is 0 Å². The van der Waals surface area contributed by atoms with Crippen LogP contribution in [0.1, 0.15) is 5.69 Å². The van der Waals surface area contributed by atoms with E-state index >= 15 is 0 Å². The number of thioether (sulfide) groups is 1. The van der Waals surface area contributed by atoms with Gasteiger partial charge in [0.1, 0.15) is 9.33 Å². The molecule has 0 aromatic carbocycles. The summed E-state index contributed by atoms with van der Waals surface area (Å²) in [4.78, 5) is 20.1. The van der Waals surface area contributed by atoms with E-state index in [1.165, 1.54) is 11.8 Å². The van der Waals surface area contributed by atoms with E-state index in [0.29, 0.717) is 15.8 Å². The van der Waals surface area contributed by atoms with Crippen molar-refractivity contribution in [3.63, 3.8) is 0 Å². The number of rotatable bonds is 4. The van der Waals surface area contributed by atoms with E-state index in [2.05, 4.69) is 11.6 Å². The summed E-state index contributed by atoms with van der Waals surface area (Å²) in [7, 11) is 0. The fourth-order valence-corrected chi connectivity index (χ4v) is 4.64. The van der Waals surface area contributed by atoms with E-state index < -0.39 is 0 Å². The highest BCUT2D eigenvalue weighted by Crippen LogP contribution is 2.34. The maximum absolute atomic E-state index is 12.2. The van der Waals surface area contributed by atoms with Crippen molar-refractivity contribution in [2.75, 3.05) is 6.54 Å². The van der Waals surface area contributed by atoms with Gasteiger partial charge in [-0.2, -0.15) is 0 Å². The Morgan fingerprint density at radius 2 is 2.29 bits per heavy atom. The number of thiocarbonyl (C=S) groups is 1. The molecule has 1 fully saturated rings. The van der Waals surface area contributed by atoms with Crippen molar-refractivity contribution in [3.8, 4) is 9.88 Å². The predicted molar refractivity (Wildman–Crippen MR) is 95.5 cm³/mol. The third-order valence-corrected chi connectivity index (χ3v) is 6.00. The summed E-state index contributed by atoms with van der Waals surface area (Å²) in [6.45, 7) is 4.09. The number of carbonyl (C=O) groups is 1. The maximum atomic E-state index is 12.2. The van der Waals surface area contributed by atoms with Crippen LogP contribution in [-0.2, 0) is 4.79 Å². The molecule has 0 radical (unpaired) electrons. The van der Waals surface area contributed by atoms with E-state index in [4.69, 9.17) is 12.2 Å². The van der Waals surface area contributed by atoms with E-state index in [0.717, 1.165) is 15.6 Å². The number of hydrogen-bond acceptors (Lipinski definition) is 6. The Bertz CT molecular complexity index is 730. The molecule has 0 atom stereocenters. The van der Waals surface area contributed by atoms with Crippen LogP contribution < -0.4 is 0 Å². The minimum Gasteiger partial charge on any atom is -0.289 e. The molecule has 2 aromatic heterocycles. The van der Waals surface area contributed by atoms with E-state index in [-0.39, 0.29) is 5.91 Å². The minimum absolute atomic E-state index is 0.0735. The summed E-state index contributed by atoms with van der Waals surface area (Å²) < 4.78 is 0.569. The zero-order valence-electron chi connectivity index (χ0n) is 10.8. The lowest BCUT2D eigenvalue weighted by atomic mass is 10.3. The van der Waals surface area contributed by atoms with Crippen molar-refractivity contribution in [1.82, 2.24) is 9.88 Å². The lowest BCUT2D eigenvalue weighted by molar-refractivity contribution is -0.121. The van der Waals surface area contributed by atoms with Gasteiger partial charge in [-0.15, -0.1) is 29.3 Å². The first-order valence-corrected chi connectivity index (χ1v) is 9.03. The predicted octanol–water partition coefficient (Wildman–Crippen LogP) is 4.26. The van der Waals surface area contributed by atoms with Crippen LogP contribution in [0, 0.1) is 0 Å². The van der Waals surface area contributed by atoms with Crippen molar-refractivity contribution in [2.45, 2.75) is 0 Å². The van der Waals surface area contributed by atoms with Crippen molar-refractivity contribution in [3.05, 3.63) is 46.1 Å². The number of thiazole rings is 1. The summed E-state index contributed by atoms with van der Waals surface area (Å²) >= 11 is 9.75. The Morgan fingerprint density at radius 3 is 3.00 bits per heavy atom. The first-order valence-electron chi connectivity index (χ1n) is 6.04. The monoisotopic (exact) mass is 350 g/mol. The average molecular weight is 351 g/mol. The molecule has 1 aliphatic rings. The molecule has 0 bridgehead atoms. The molecule has 7 heteroatoms. The molecule has 0 N–H and O–H groups in total. The van der Waals surface area contributed by atoms with Crippen LogP contribution in [0.25, 0.3) is 16.0 Å². The average Bonchev–Trinajstić information content (AvgIpc) is 3.17. The van der Waals surface area contributed by atoms with E-state index in [1.807, 2.05) is 22.9 Å². The molecule has 1 aliphatic heterocycles. The van der Waals surface area contributed by atoms with Gasteiger partial charge in [0.05, 0.1) is 15.5 Å². The van der Waals surface area contributed by atoms with Gasteiger partial charge in [-0.3, -0.25) is 9.69 Å². The van der Waals surface area contributed by atoms with Crippen LogP contribution in [0.2, 0.25) is 0 Å². The van der Waals surface area contributed by atoms with Crippen molar-refractivity contribution in [1.29, 1.82) is 0 Å². The summed E-state index contributed by atoms with van der Waals surface area (Å²) in [6.07, 6.45) is 3.47. The first-order chi connectivity index (χ1) is 10.2. The van der Waals surface area contributed by atoms with Gasteiger partial charge >= 0.3 is 0 Å². The van der Waals surface area contributed by atoms with Gasteiger partial charge in [0, 0.05) is 11.9 Å². The van der Waals surface area contributed by atoms with Gasteiger partial charge in [0.25, 0.3) is 5.91 Å². The third kappa shape index (κ3) is 3.01. The number of aromatic nitrogens is 1. The Labute approximate surface area is 140 Å². The quantitative estimate of drug-likeness (QED) is 0.469. The molecule has 3 nitrogen and oxygen atoms in total. The normalized spacial score (nSPS) is 17.0. The van der Waals surface area contributed by atoms with Crippen LogP contribution in [0.3, 0.4) is 0 Å². The SMILES string of the molecule is C=CCN1C(=O)/C(=C/c2csc(-c3cccs3)n2)SC1=S. The fraction of sp³-hybridized carbons (Fsp3) is 0.0714. The maximum Gasteiger partial charge on any atom is 0.266 e. The number of hydrogen-bond donors (Lipinski definition) is 0. The van der Waals surface area contributed by atoms with Crippen molar-refractivity contribution < 1.29 is 4.79 Å². The topological polar surface area (TPSA) is 33.2 Å². The molecule has 106 valence electrons. The van der Waals surface area contributed by atoms with E-state index in [9.17, 15) is 4.79 Å². The molecule has 3 heterocycles. The molecule has 3 rings (SSSR count). The molecule has 0 aliphatic carbocycles. The van der Waals surface area contributed by atoms with Gasteiger partial charge in [-0.05, 0) is 17.5 Å². The number of carbonyl (C=O) groups excluding carboxylic acids is 1. The molecular weight excluding hydrogens is 340 g/mol. The Hall–Kier alpha value is -1.28. The number of amides is 1. The molecule has 0 unspecified atom stereocenters. The van der Waals surface area contributed by atoms with Gasteiger partial charge < -0.3 is 0 Å². The summed E-state index contributed by atoms with van der Waals surface area (Å²) in [5.41, 5.74) is 0.794. The Morgan fingerprint density at radius 1 is 1.43 bits per heavy atom. The third-order valence-electron chi connectivity index (χ3n) is 2.72. The van der Waals surface area contributed by atoms with Crippen LogP contribution in [0.4, 0.5) is 0 Å². The van der Waals surface area contributed by atoms with Crippen LogP contribution in [-0.4, -0.2) is 26.7 Å². The van der Waals surface area contributed by atoms with Crippen LogP contribution in [0.15, 0.2) is 40.5 Å². The van der Waals surface area contributed by atoms with Crippen molar-refractivity contribution >= 4 is 63.0 Å². The van der Waals surface area contributed by atoms with Gasteiger partial charge in [-0.25, -0.2) is 4.98 Å². The highest BCUT2D eigenvalue weighted by molar-refractivity contribution is 8.26. The fourth-order valence-electron chi connectivity index (χ4n) is 1.79. The molecule has 0 spiro atoms. The highest BCUT2D eigenvalue weighted by Gasteiger charge is 2.31. The molecular formula is C14H10N2OS4. The zero-order chi connectivity index (χ0) is 14.8. The van der Waals surface area contributed by atoms with Crippen LogP contribution >= 0.6 is 46.7 Å². The summed E-state index contributed by atoms with van der Waals surface area (Å²) in [5.74, 6) is -0.0735. The number of thiophene rings is 1. The minimum atomic E-state index is -0.0735.